The van der Waals surface area contributed by atoms with Crippen LogP contribution in [0.3, 0.4) is 0 Å². The van der Waals surface area contributed by atoms with Crippen LogP contribution in [-0.4, -0.2) is 12.9 Å². The summed E-state index contributed by atoms with van der Waals surface area (Å²) in [7, 11) is 0. The molecule has 0 atom stereocenters. The van der Waals surface area contributed by atoms with Gasteiger partial charge in [-0.25, -0.2) is 4.99 Å². The Morgan fingerprint density at radius 2 is 2.83 bits per heavy atom. The zero-order chi connectivity index (χ0) is 4.41. The van der Waals surface area contributed by atoms with Gasteiger partial charge in [0.25, 0.3) is 0 Å². The van der Waals surface area contributed by atoms with Crippen LogP contribution < -0.4 is 0 Å². The van der Waals surface area contributed by atoms with Crippen molar-refractivity contribution in [3.63, 3.8) is 0 Å². The minimum atomic E-state index is 0.457. The van der Waals surface area contributed by atoms with Gasteiger partial charge in [0.05, 0.1) is 6.21 Å². The molecule has 0 saturated heterocycles. The fourth-order valence-corrected chi connectivity index (χ4v) is 0.297. The van der Waals surface area contributed by atoms with Crippen molar-refractivity contribution >= 4 is 6.21 Å². The van der Waals surface area contributed by atoms with Crippen LogP contribution in [0.2, 0.25) is 0 Å². The van der Waals surface area contributed by atoms with E-state index >= 15 is 0 Å². The van der Waals surface area contributed by atoms with Gasteiger partial charge in [-0.2, -0.15) is 0 Å². The third-order valence-corrected chi connectivity index (χ3v) is 0.560. The van der Waals surface area contributed by atoms with E-state index in [0.29, 0.717) is 12.5 Å². The average Bonchev–Trinajstić information content (AvgIpc) is 1.86. The zero-order valence-electron chi connectivity index (χ0n) is 3.35. The van der Waals surface area contributed by atoms with E-state index in [4.69, 9.17) is 4.74 Å². The molecule has 2 heteroatoms. The van der Waals surface area contributed by atoms with Crippen LogP contribution in [0.4, 0.5) is 0 Å². The minimum Gasteiger partial charge on any atom is -0.470 e. The second kappa shape index (κ2) is 1.12. The Morgan fingerprint density at radius 1 is 2.00 bits per heavy atom. The predicted octanol–water partition coefficient (Wildman–Crippen LogP) is 0.559. The molecule has 0 amide bonds. The summed E-state index contributed by atoms with van der Waals surface area (Å²) in [6.07, 6.45) is 1.61. The van der Waals surface area contributed by atoms with Gasteiger partial charge >= 0.3 is 0 Å². The molecule has 0 bridgehead atoms. The van der Waals surface area contributed by atoms with Crippen LogP contribution in [-0.2, 0) is 4.74 Å². The number of hydrogen-bond acceptors (Lipinski definition) is 2. The smallest absolute Gasteiger partial charge is 0.179 e. The molecule has 1 heterocycles. The quantitative estimate of drug-likeness (QED) is 0.419. The first-order valence-corrected chi connectivity index (χ1v) is 1.71. The topological polar surface area (TPSA) is 21.6 Å². The Kier molecular flexibility index (Phi) is 0.638. The maximum Gasteiger partial charge on any atom is 0.179 e. The monoisotopic (exact) mass is 83.0 g/mol. The van der Waals surface area contributed by atoms with Gasteiger partial charge in [0.2, 0.25) is 0 Å². The lowest BCUT2D eigenvalue weighted by molar-refractivity contribution is 0.263. The van der Waals surface area contributed by atoms with Gasteiger partial charge in [0.1, 0.15) is 5.76 Å². The highest BCUT2D eigenvalue weighted by Gasteiger charge is 1.92. The Hall–Kier alpha value is -0.790. The normalized spacial score (nSPS) is 18.3. The van der Waals surface area contributed by atoms with E-state index in [9.17, 15) is 0 Å². The van der Waals surface area contributed by atoms with E-state index in [1.165, 1.54) is 0 Å². The molecule has 0 spiro atoms. The molecule has 1 rings (SSSR count). The summed E-state index contributed by atoms with van der Waals surface area (Å²) >= 11 is 0. The summed E-state index contributed by atoms with van der Waals surface area (Å²) in [6.45, 7) is 3.94. The molecule has 0 saturated carbocycles. The highest BCUT2D eigenvalue weighted by Crippen LogP contribution is 1.95. The number of aliphatic imine (C=N–C) groups is 1. The van der Waals surface area contributed by atoms with E-state index < -0.39 is 0 Å². The molecule has 0 unspecified atom stereocenters. The molecule has 1 aliphatic rings. The van der Waals surface area contributed by atoms with Crippen molar-refractivity contribution in [2.75, 3.05) is 6.73 Å². The van der Waals surface area contributed by atoms with Gasteiger partial charge in [-0.05, 0) is 0 Å². The third kappa shape index (κ3) is 0.407. The Morgan fingerprint density at radius 3 is 3.00 bits per heavy atom. The third-order valence-electron chi connectivity index (χ3n) is 0.560. The second-order valence-corrected chi connectivity index (χ2v) is 1.05. The lowest BCUT2D eigenvalue weighted by Crippen LogP contribution is -1.76. The van der Waals surface area contributed by atoms with Crippen molar-refractivity contribution in [3.8, 4) is 0 Å². The van der Waals surface area contributed by atoms with Gasteiger partial charge in [0, 0.05) is 0 Å². The highest BCUT2D eigenvalue weighted by molar-refractivity contribution is 5.76. The van der Waals surface area contributed by atoms with Gasteiger partial charge in [-0.1, -0.05) is 6.58 Å². The number of hydrogen-bond donors (Lipinski definition) is 0. The fraction of sp³-hybridized carbons (Fsp3) is 0.250. The molecule has 0 radical (unpaired) electrons. The van der Waals surface area contributed by atoms with E-state index in [1.807, 2.05) is 0 Å². The lowest BCUT2D eigenvalue weighted by Gasteiger charge is -1.85. The van der Waals surface area contributed by atoms with Crippen LogP contribution >= 0.6 is 0 Å². The van der Waals surface area contributed by atoms with Crippen molar-refractivity contribution in [1.29, 1.82) is 0 Å². The van der Waals surface area contributed by atoms with Crippen LogP contribution in [0.5, 0.6) is 0 Å². The summed E-state index contributed by atoms with van der Waals surface area (Å²) in [5.74, 6) is 0.662. The van der Waals surface area contributed by atoms with E-state index in [1.54, 1.807) is 6.21 Å². The molecular weight excluding hydrogens is 78.0 g/mol. The van der Waals surface area contributed by atoms with Crippen molar-refractivity contribution in [2.24, 2.45) is 4.99 Å². The van der Waals surface area contributed by atoms with Crippen molar-refractivity contribution in [1.82, 2.24) is 0 Å². The molecular formula is C4H5NO. The molecule has 1 aliphatic heterocycles. The van der Waals surface area contributed by atoms with Crippen molar-refractivity contribution < 1.29 is 4.74 Å². The first-order chi connectivity index (χ1) is 2.89. The minimum absolute atomic E-state index is 0.457. The molecule has 0 aliphatic carbocycles. The molecule has 2 nitrogen and oxygen atoms in total. The molecule has 0 fully saturated rings. The van der Waals surface area contributed by atoms with E-state index in [0.717, 1.165) is 0 Å². The van der Waals surface area contributed by atoms with Gasteiger partial charge in [0.15, 0.2) is 6.73 Å². The predicted molar refractivity (Wildman–Crippen MR) is 23.6 cm³/mol. The first-order valence-electron chi connectivity index (χ1n) is 1.71. The van der Waals surface area contributed by atoms with Crippen LogP contribution in [0.15, 0.2) is 17.3 Å². The Labute approximate surface area is 36.1 Å². The maximum atomic E-state index is 4.74. The summed E-state index contributed by atoms with van der Waals surface area (Å²) in [5, 5.41) is 0. The SMILES string of the molecule is C=C1C=NCO1. The summed E-state index contributed by atoms with van der Waals surface area (Å²) in [5.41, 5.74) is 0. The molecule has 0 aromatic rings. The Bertz CT molecular complexity index is 95.7. The molecule has 6 heavy (non-hydrogen) atoms. The van der Waals surface area contributed by atoms with E-state index in [2.05, 4.69) is 11.6 Å². The number of rotatable bonds is 0. The maximum absolute atomic E-state index is 4.74. The summed E-state index contributed by atoms with van der Waals surface area (Å²) in [6, 6.07) is 0. The lowest BCUT2D eigenvalue weighted by atomic mass is 10.6. The van der Waals surface area contributed by atoms with Crippen molar-refractivity contribution in [2.45, 2.75) is 0 Å². The zero-order valence-corrected chi connectivity index (χ0v) is 3.35. The van der Waals surface area contributed by atoms with Crippen LogP contribution in [0, 0.1) is 0 Å². The Balaban J connectivity index is 2.59. The largest absolute Gasteiger partial charge is 0.470 e. The fourth-order valence-electron chi connectivity index (χ4n) is 0.297. The van der Waals surface area contributed by atoms with Gasteiger partial charge in [-0.3, -0.25) is 0 Å². The van der Waals surface area contributed by atoms with E-state index in [-0.39, 0.29) is 0 Å². The number of nitrogens with zero attached hydrogens (tertiary/aromatic N) is 1. The van der Waals surface area contributed by atoms with Crippen molar-refractivity contribution in [3.05, 3.63) is 12.3 Å². The average molecular weight is 83.1 g/mol. The number of ether oxygens (including phenoxy) is 1. The first kappa shape index (κ1) is 3.40. The molecule has 0 aromatic carbocycles. The van der Waals surface area contributed by atoms with Gasteiger partial charge in [-0.15, -0.1) is 0 Å². The highest BCUT2D eigenvalue weighted by atomic mass is 16.5. The standard InChI is InChI=1S/C4H5NO/c1-4-2-5-3-6-4/h2H,1,3H2. The summed E-state index contributed by atoms with van der Waals surface area (Å²) < 4.78 is 4.74. The molecule has 0 aromatic heterocycles. The molecule has 32 valence electrons. The second-order valence-electron chi connectivity index (χ2n) is 1.05. The van der Waals surface area contributed by atoms with Crippen LogP contribution in [0.25, 0.3) is 0 Å². The summed E-state index contributed by atoms with van der Waals surface area (Å²) in [4.78, 5) is 3.72. The molecule has 0 N–H and O–H groups in total. The van der Waals surface area contributed by atoms with Gasteiger partial charge < -0.3 is 4.74 Å². The van der Waals surface area contributed by atoms with Crippen LogP contribution in [0.1, 0.15) is 0 Å². The number of allylic oxidation sites excluding steroid dienone is 1.